The van der Waals surface area contributed by atoms with Crippen LogP contribution < -0.4 is 0 Å². The van der Waals surface area contributed by atoms with E-state index in [1.807, 2.05) is 0 Å². The number of aromatic nitrogens is 1. The summed E-state index contributed by atoms with van der Waals surface area (Å²) in [5.41, 5.74) is 5.70. The lowest BCUT2D eigenvalue weighted by atomic mass is 10.0. The van der Waals surface area contributed by atoms with E-state index in [0.29, 0.717) is 0 Å². The van der Waals surface area contributed by atoms with Crippen molar-refractivity contribution in [3.63, 3.8) is 0 Å². The maximum Gasteiger partial charge on any atom is 0.0459 e. The lowest BCUT2D eigenvalue weighted by Gasteiger charge is -2.26. The van der Waals surface area contributed by atoms with Gasteiger partial charge in [0.05, 0.1) is 0 Å². The van der Waals surface area contributed by atoms with Crippen molar-refractivity contribution in [2.75, 3.05) is 13.1 Å². The summed E-state index contributed by atoms with van der Waals surface area (Å²) in [4.78, 5) is 6.20. The molecule has 4 rings (SSSR count). The van der Waals surface area contributed by atoms with Crippen LogP contribution in [0.1, 0.15) is 23.2 Å². The largest absolute Gasteiger partial charge is 0.357 e. The molecule has 112 valence electrons. The van der Waals surface area contributed by atoms with Gasteiger partial charge in [0.25, 0.3) is 0 Å². The molecule has 2 aromatic carbocycles. The Bertz CT molecular complexity index is 758. The van der Waals surface area contributed by atoms with Crippen LogP contribution in [0.4, 0.5) is 0 Å². The number of nitrogens with one attached hydrogen (secondary N) is 1. The molecular weight excluding hydrogens is 268 g/mol. The molecule has 0 fully saturated rings. The Morgan fingerprint density at radius 3 is 2.68 bits per heavy atom. The van der Waals surface area contributed by atoms with Gasteiger partial charge in [0.1, 0.15) is 0 Å². The third-order valence-electron chi connectivity index (χ3n) is 4.74. The minimum atomic E-state index is 1.07. The average Bonchev–Trinajstić information content (AvgIpc) is 2.93. The molecule has 2 heterocycles. The van der Waals surface area contributed by atoms with Crippen molar-refractivity contribution < 1.29 is 0 Å². The molecule has 0 aliphatic carbocycles. The highest BCUT2D eigenvalue weighted by molar-refractivity contribution is 5.84. The number of rotatable bonds is 4. The topological polar surface area (TPSA) is 19.0 Å². The predicted molar refractivity (Wildman–Crippen MR) is 92.0 cm³/mol. The standard InChI is InChI=1S/C20H22N2/c1-2-7-16(8-3-1)9-6-13-22-14-12-18-17-10-4-5-11-19(17)21-20(18)15-22/h1-5,7-8,10-11,21H,6,9,12-15H2. The summed E-state index contributed by atoms with van der Waals surface area (Å²) in [6.07, 6.45) is 3.58. The molecular formula is C20H22N2. The van der Waals surface area contributed by atoms with Crippen LogP contribution in [0.15, 0.2) is 54.6 Å². The molecule has 1 aromatic heterocycles. The summed E-state index contributed by atoms with van der Waals surface area (Å²) < 4.78 is 0. The van der Waals surface area contributed by atoms with Crippen LogP contribution in [0.25, 0.3) is 10.9 Å². The van der Waals surface area contributed by atoms with Crippen LogP contribution >= 0.6 is 0 Å². The van der Waals surface area contributed by atoms with Gasteiger partial charge in [-0.15, -0.1) is 0 Å². The number of para-hydroxylation sites is 1. The van der Waals surface area contributed by atoms with Gasteiger partial charge in [0, 0.05) is 29.7 Å². The first-order valence-corrected chi connectivity index (χ1v) is 8.25. The number of aryl methyl sites for hydroxylation is 1. The number of aromatic amines is 1. The van der Waals surface area contributed by atoms with Crippen LogP contribution in [0.2, 0.25) is 0 Å². The highest BCUT2D eigenvalue weighted by atomic mass is 15.1. The predicted octanol–water partition coefficient (Wildman–Crippen LogP) is 4.16. The molecule has 22 heavy (non-hydrogen) atoms. The number of hydrogen-bond acceptors (Lipinski definition) is 1. The van der Waals surface area contributed by atoms with Crippen molar-refractivity contribution in [1.29, 1.82) is 0 Å². The Hall–Kier alpha value is -2.06. The summed E-state index contributed by atoms with van der Waals surface area (Å²) in [6.45, 7) is 3.44. The lowest BCUT2D eigenvalue weighted by molar-refractivity contribution is 0.249. The third-order valence-corrected chi connectivity index (χ3v) is 4.74. The van der Waals surface area contributed by atoms with Gasteiger partial charge in [0.15, 0.2) is 0 Å². The van der Waals surface area contributed by atoms with E-state index in [1.165, 1.54) is 60.1 Å². The first kappa shape index (κ1) is 13.6. The molecule has 0 unspecified atom stereocenters. The molecule has 3 aromatic rings. The lowest BCUT2D eigenvalue weighted by Crippen LogP contribution is -2.31. The Morgan fingerprint density at radius 1 is 0.955 bits per heavy atom. The molecule has 0 saturated carbocycles. The molecule has 1 N–H and O–H groups in total. The van der Waals surface area contributed by atoms with Gasteiger partial charge in [-0.2, -0.15) is 0 Å². The second-order valence-corrected chi connectivity index (χ2v) is 6.24. The maximum absolute atomic E-state index is 3.61. The Balaban J connectivity index is 1.40. The summed E-state index contributed by atoms with van der Waals surface area (Å²) >= 11 is 0. The number of hydrogen-bond donors (Lipinski definition) is 1. The average molecular weight is 290 g/mol. The zero-order chi connectivity index (χ0) is 14.8. The highest BCUT2D eigenvalue weighted by Crippen LogP contribution is 2.27. The number of benzene rings is 2. The van der Waals surface area contributed by atoms with E-state index in [9.17, 15) is 0 Å². The molecule has 0 spiro atoms. The molecule has 0 radical (unpaired) electrons. The SMILES string of the molecule is c1ccc(CCCN2CCc3c([nH]c4ccccc34)C2)cc1. The fourth-order valence-electron chi connectivity index (χ4n) is 3.59. The molecule has 2 nitrogen and oxygen atoms in total. The molecule has 0 bridgehead atoms. The van der Waals surface area contributed by atoms with Crippen molar-refractivity contribution in [2.24, 2.45) is 0 Å². The molecule has 2 heteroatoms. The smallest absolute Gasteiger partial charge is 0.0459 e. The van der Waals surface area contributed by atoms with Gasteiger partial charge >= 0.3 is 0 Å². The van der Waals surface area contributed by atoms with E-state index in [2.05, 4.69) is 64.5 Å². The van der Waals surface area contributed by atoms with Crippen LogP contribution in [0, 0.1) is 0 Å². The van der Waals surface area contributed by atoms with E-state index < -0.39 is 0 Å². The minimum absolute atomic E-state index is 1.07. The summed E-state index contributed by atoms with van der Waals surface area (Å²) in [5, 5.41) is 1.42. The number of fused-ring (bicyclic) bond motifs is 3. The fourth-order valence-corrected chi connectivity index (χ4v) is 3.59. The quantitative estimate of drug-likeness (QED) is 0.764. The van der Waals surface area contributed by atoms with Gasteiger partial charge in [-0.3, -0.25) is 4.90 Å². The van der Waals surface area contributed by atoms with Crippen LogP contribution in [-0.2, 0) is 19.4 Å². The fraction of sp³-hybridized carbons (Fsp3) is 0.300. The van der Waals surface area contributed by atoms with Crippen molar-refractivity contribution >= 4 is 10.9 Å². The Morgan fingerprint density at radius 2 is 1.77 bits per heavy atom. The van der Waals surface area contributed by atoms with Crippen molar-refractivity contribution in [3.8, 4) is 0 Å². The maximum atomic E-state index is 3.61. The van der Waals surface area contributed by atoms with Crippen molar-refractivity contribution in [3.05, 3.63) is 71.4 Å². The summed E-state index contributed by atoms with van der Waals surface area (Å²) in [5.74, 6) is 0. The van der Waals surface area contributed by atoms with Crippen molar-refractivity contribution in [2.45, 2.75) is 25.8 Å². The van der Waals surface area contributed by atoms with E-state index >= 15 is 0 Å². The molecule has 1 aliphatic heterocycles. The first-order chi connectivity index (χ1) is 10.9. The van der Waals surface area contributed by atoms with Crippen LogP contribution in [-0.4, -0.2) is 23.0 Å². The molecule has 0 saturated heterocycles. The van der Waals surface area contributed by atoms with E-state index in [1.54, 1.807) is 0 Å². The number of nitrogens with zero attached hydrogens (tertiary/aromatic N) is 1. The zero-order valence-electron chi connectivity index (χ0n) is 12.9. The third kappa shape index (κ3) is 2.67. The van der Waals surface area contributed by atoms with Crippen LogP contribution in [0.5, 0.6) is 0 Å². The van der Waals surface area contributed by atoms with E-state index in [0.717, 1.165) is 6.54 Å². The monoisotopic (exact) mass is 290 g/mol. The molecule has 1 aliphatic rings. The first-order valence-electron chi connectivity index (χ1n) is 8.25. The second-order valence-electron chi connectivity index (χ2n) is 6.24. The zero-order valence-corrected chi connectivity index (χ0v) is 12.9. The van der Waals surface area contributed by atoms with Crippen LogP contribution in [0.3, 0.4) is 0 Å². The van der Waals surface area contributed by atoms with Gasteiger partial charge in [0.2, 0.25) is 0 Å². The minimum Gasteiger partial charge on any atom is -0.357 e. The van der Waals surface area contributed by atoms with Gasteiger partial charge < -0.3 is 4.98 Å². The second kappa shape index (κ2) is 5.98. The number of H-pyrrole nitrogens is 1. The van der Waals surface area contributed by atoms with E-state index in [-0.39, 0.29) is 0 Å². The molecule has 0 atom stereocenters. The molecule has 0 amide bonds. The normalized spacial score (nSPS) is 15.1. The Kier molecular flexibility index (Phi) is 3.69. The summed E-state index contributed by atoms with van der Waals surface area (Å²) in [7, 11) is 0. The summed E-state index contributed by atoms with van der Waals surface area (Å²) in [6, 6.07) is 19.5. The van der Waals surface area contributed by atoms with E-state index in [4.69, 9.17) is 0 Å². The van der Waals surface area contributed by atoms with Gasteiger partial charge in [-0.1, -0.05) is 48.5 Å². The van der Waals surface area contributed by atoms with Gasteiger partial charge in [-0.05, 0) is 43.0 Å². The van der Waals surface area contributed by atoms with Gasteiger partial charge in [-0.25, -0.2) is 0 Å². The highest BCUT2D eigenvalue weighted by Gasteiger charge is 2.19. The van der Waals surface area contributed by atoms with Crippen molar-refractivity contribution in [1.82, 2.24) is 9.88 Å². The Labute approximate surface area is 131 Å².